The molecule has 1 nitrogen and oxygen atoms in total. The third-order valence-corrected chi connectivity index (χ3v) is 4.82. The molecule has 0 saturated carbocycles. The van der Waals surface area contributed by atoms with E-state index >= 15 is 0 Å². The first-order chi connectivity index (χ1) is 10.2. The fourth-order valence-corrected chi connectivity index (χ4v) is 3.44. The lowest BCUT2D eigenvalue weighted by molar-refractivity contribution is 0.384. The summed E-state index contributed by atoms with van der Waals surface area (Å²) in [7, 11) is 0. The molecule has 21 heavy (non-hydrogen) atoms. The van der Waals surface area contributed by atoms with Crippen molar-refractivity contribution in [2.75, 3.05) is 6.54 Å². The summed E-state index contributed by atoms with van der Waals surface area (Å²) >= 11 is 0. The van der Waals surface area contributed by atoms with E-state index in [4.69, 9.17) is 0 Å². The molecule has 2 aromatic carbocycles. The fourth-order valence-electron chi connectivity index (χ4n) is 3.44. The molecular formula is C20H25N. The number of fused-ring (bicyclic) bond motifs is 3. The van der Waals surface area contributed by atoms with Gasteiger partial charge in [0, 0.05) is 6.04 Å². The van der Waals surface area contributed by atoms with Crippen molar-refractivity contribution < 1.29 is 0 Å². The van der Waals surface area contributed by atoms with Crippen LogP contribution in [0.25, 0.3) is 11.1 Å². The Hall–Kier alpha value is -1.60. The second kappa shape index (κ2) is 6.03. The summed E-state index contributed by atoms with van der Waals surface area (Å²) in [5.41, 5.74) is 7.23. The Labute approximate surface area is 128 Å². The van der Waals surface area contributed by atoms with Crippen LogP contribution in [-0.4, -0.2) is 6.54 Å². The van der Waals surface area contributed by atoms with E-state index in [-0.39, 0.29) is 0 Å². The van der Waals surface area contributed by atoms with Gasteiger partial charge in [0.2, 0.25) is 0 Å². The number of benzene rings is 2. The molecule has 0 saturated heterocycles. The molecule has 2 unspecified atom stereocenters. The molecule has 0 heterocycles. The van der Waals surface area contributed by atoms with E-state index in [1.807, 2.05) is 0 Å². The smallest absolute Gasteiger partial charge is 0.0346 e. The van der Waals surface area contributed by atoms with Crippen LogP contribution in [0.1, 0.15) is 49.9 Å². The molecule has 1 heteroatoms. The summed E-state index contributed by atoms with van der Waals surface area (Å²) < 4.78 is 0. The Bertz CT molecular complexity index is 629. The lowest BCUT2D eigenvalue weighted by atomic mass is 9.90. The highest BCUT2D eigenvalue weighted by Crippen LogP contribution is 2.38. The van der Waals surface area contributed by atoms with E-state index < -0.39 is 0 Å². The van der Waals surface area contributed by atoms with Gasteiger partial charge in [0.25, 0.3) is 0 Å². The van der Waals surface area contributed by atoms with Gasteiger partial charge in [-0.25, -0.2) is 0 Å². The minimum Gasteiger partial charge on any atom is -0.310 e. The van der Waals surface area contributed by atoms with Crippen molar-refractivity contribution in [3.63, 3.8) is 0 Å². The summed E-state index contributed by atoms with van der Waals surface area (Å²) in [5.74, 6) is 0.652. The number of hydrogen-bond acceptors (Lipinski definition) is 1. The van der Waals surface area contributed by atoms with Crippen LogP contribution in [0, 0.1) is 5.92 Å². The lowest BCUT2D eigenvalue weighted by Gasteiger charge is -2.25. The molecule has 1 aliphatic rings. The maximum atomic E-state index is 3.66. The Morgan fingerprint density at radius 1 is 1.00 bits per heavy atom. The van der Waals surface area contributed by atoms with E-state index in [0.29, 0.717) is 12.0 Å². The molecule has 0 radical (unpaired) electrons. The normalized spacial score (nSPS) is 15.4. The maximum absolute atomic E-state index is 3.66. The van der Waals surface area contributed by atoms with Gasteiger partial charge in [0.15, 0.2) is 0 Å². The standard InChI is InChI=1S/C20H25N/c1-4-14(3)20(21-5-2)17-11-10-16-12-15-8-6-7-9-18(15)19(16)13-17/h6-11,13-14,20-21H,4-5,12H2,1-3H3. The van der Waals surface area contributed by atoms with Crippen molar-refractivity contribution in [2.45, 2.75) is 39.7 Å². The molecule has 0 aromatic heterocycles. The van der Waals surface area contributed by atoms with Gasteiger partial charge in [-0.1, -0.05) is 63.6 Å². The van der Waals surface area contributed by atoms with Gasteiger partial charge < -0.3 is 5.32 Å². The third-order valence-electron chi connectivity index (χ3n) is 4.82. The Balaban J connectivity index is 2.00. The molecule has 1 aliphatic carbocycles. The van der Waals surface area contributed by atoms with Gasteiger partial charge in [-0.3, -0.25) is 0 Å². The van der Waals surface area contributed by atoms with E-state index in [1.54, 1.807) is 0 Å². The molecule has 0 aliphatic heterocycles. The maximum Gasteiger partial charge on any atom is 0.0346 e. The summed E-state index contributed by atoms with van der Waals surface area (Å²) in [5, 5.41) is 3.66. The van der Waals surface area contributed by atoms with Gasteiger partial charge in [0.1, 0.15) is 0 Å². The molecule has 3 rings (SSSR count). The monoisotopic (exact) mass is 279 g/mol. The number of nitrogens with one attached hydrogen (secondary N) is 1. The van der Waals surface area contributed by atoms with Crippen LogP contribution in [0.5, 0.6) is 0 Å². The van der Waals surface area contributed by atoms with Crippen molar-refractivity contribution in [2.24, 2.45) is 5.92 Å². The average Bonchev–Trinajstić information content (AvgIpc) is 2.89. The molecule has 0 fully saturated rings. The summed E-state index contributed by atoms with van der Waals surface area (Å²) in [6.45, 7) is 7.83. The van der Waals surface area contributed by atoms with Crippen LogP contribution in [0.2, 0.25) is 0 Å². The SMILES string of the molecule is CCNC(c1ccc2c(c1)-c1ccccc1C2)C(C)CC. The molecule has 0 amide bonds. The predicted octanol–water partition coefficient (Wildman–Crippen LogP) is 4.95. The highest BCUT2D eigenvalue weighted by atomic mass is 14.9. The second-order valence-electron chi connectivity index (χ2n) is 6.17. The average molecular weight is 279 g/mol. The minimum atomic E-state index is 0.457. The zero-order valence-corrected chi connectivity index (χ0v) is 13.3. The first kappa shape index (κ1) is 14.3. The molecule has 110 valence electrons. The number of rotatable bonds is 5. The number of hydrogen-bond donors (Lipinski definition) is 1. The van der Waals surface area contributed by atoms with E-state index in [0.717, 1.165) is 13.0 Å². The van der Waals surface area contributed by atoms with Crippen molar-refractivity contribution in [1.82, 2.24) is 5.32 Å². The second-order valence-corrected chi connectivity index (χ2v) is 6.17. The Kier molecular flexibility index (Phi) is 4.12. The molecular weight excluding hydrogens is 254 g/mol. The van der Waals surface area contributed by atoms with Gasteiger partial charge in [-0.2, -0.15) is 0 Å². The van der Waals surface area contributed by atoms with Crippen molar-refractivity contribution >= 4 is 0 Å². The molecule has 1 N–H and O–H groups in total. The van der Waals surface area contributed by atoms with Crippen molar-refractivity contribution in [3.8, 4) is 11.1 Å². The summed E-state index contributed by atoms with van der Waals surface area (Å²) in [6, 6.07) is 16.3. The van der Waals surface area contributed by atoms with Gasteiger partial charge in [0.05, 0.1) is 0 Å². The van der Waals surface area contributed by atoms with E-state index in [2.05, 4.69) is 68.6 Å². The van der Waals surface area contributed by atoms with Crippen LogP contribution in [0.3, 0.4) is 0 Å². The predicted molar refractivity (Wildman–Crippen MR) is 90.6 cm³/mol. The summed E-state index contributed by atoms with van der Waals surface area (Å²) in [4.78, 5) is 0. The fraction of sp³-hybridized carbons (Fsp3) is 0.400. The molecule has 2 aromatic rings. The molecule has 0 bridgehead atoms. The zero-order chi connectivity index (χ0) is 14.8. The largest absolute Gasteiger partial charge is 0.310 e. The van der Waals surface area contributed by atoms with E-state index in [1.165, 1.54) is 34.2 Å². The summed E-state index contributed by atoms with van der Waals surface area (Å²) in [6.07, 6.45) is 2.28. The Morgan fingerprint density at radius 3 is 2.52 bits per heavy atom. The highest BCUT2D eigenvalue weighted by Gasteiger charge is 2.22. The quantitative estimate of drug-likeness (QED) is 0.696. The first-order valence-corrected chi connectivity index (χ1v) is 8.19. The third kappa shape index (κ3) is 2.63. The van der Waals surface area contributed by atoms with Crippen LogP contribution >= 0.6 is 0 Å². The van der Waals surface area contributed by atoms with Crippen LogP contribution in [0.4, 0.5) is 0 Å². The van der Waals surface area contributed by atoms with Crippen LogP contribution in [0.15, 0.2) is 42.5 Å². The van der Waals surface area contributed by atoms with Crippen LogP contribution in [-0.2, 0) is 6.42 Å². The van der Waals surface area contributed by atoms with Gasteiger partial charge in [-0.15, -0.1) is 0 Å². The first-order valence-electron chi connectivity index (χ1n) is 8.19. The van der Waals surface area contributed by atoms with Crippen molar-refractivity contribution in [3.05, 3.63) is 59.2 Å². The van der Waals surface area contributed by atoms with Gasteiger partial charge >= 0.3 is 0 Å². The lowest BCUT2D eigenvalue weighted by Crippen LogP contribution is -2.26. The zero-order valence-electron chi connectivity index (χ0n) is 13.3. The highest BCUT2D eigenvalue weighted by molar-refractivity contribution is 5.77. The van der Waals surface area contributed by atoms with E-state index in [9.17, 15) is 0 Å². The molecule has 2 atom stereocenters. The minimum absolute atomic E-state index is 0.457. The van der Waals surface area contributed by atoms with Gasteiger partial charge in [-0.05, 0) is 52.8 Å². The molecule has 0 spiro atoms. The Morgan fingerprint density at radius 2 is 1.76 bits per heavy atom. The topological polar surface area (TPSA) is 12.0 Å². The van der Waals surface area contributed by atoms with Crippen LogP contribution < -0.4 is 5.32 Å². The van der Waals surface area contributed by atoms with Crippen molar-refractivity contribution in [1.29, 1.82) is 0 Å².